The molecule has 84 valence electrons. The van der Waals surface area contributed by atoms with Gasteiger partial charge in [-0.05, 0) is 31.6 Å². The van der Waals surface area contributed by atoms with Crippen LogP contribution in [-0.4, -0.2) is 9.78 Å². The van der Waals surface area contributed by atoms with Crippen LogP contribution >= 0.6 is 0 Å². The van der Waals surface area contributed by atoms with Gasteiger partial charge in [0.15, 0.2) is 0 Å². The number of aromatic nitrogens is 2. The van der Waals surface area contributed by atoms with E-state index in [-0.39, 0.29) is 5.54 Å². The first-order valence-corrected chi connectivity index (χ1v) is 5.96. The SMILES string of the molecule is CCCn1cc(C2(N)CCC(C)C2)cn1. The van der Waals surface area contributed by atoms with Crippen LogP contribution in [0.15, 0.2) is 12.4 Å². The summed E-state index contributed by atoms with van der Waals surface area (Å²) < 4.78 is 2.01. The summed E-state index contributed by atoms with van der Waals surface area (Å²) in [7, 11) is 0. The van der Waals surface area contributed by atoms with Crippen molar-refractivity contribution in [1.82, 2.24) is 9.78 Å². The molecule has 0 radical (unpaired) electrons. The molecule has 0 saturated heterocycles. The number of hydrogen-bond acceptors (Lipinski definition) is 2. The summed E-state index contributed by atoms with van der Waals surface area (Å²) in [6, 6.07) is 0. The average molecular weight is 207 g/mol. The number of nitrogens with zero attached hydrogens (tertiary/aromatic N) is 2. The lowest BCUT2D eigenvalue weighted by Crippen LogP contribution is -2.33. The highest BCUT2D eigenvalue weighted by atomic mass is 15.3. The summed E-state index contributed by atoms with van der Waals surface area (Å²) in [5.74, 6) is 0.754. The third kappa shape index (κ3) is 2.07. The van der Waals surface area contributed by atoms with Gasteiger partial charge in [-0.3, -0.25) is 4.68 Å². The van der Waals surface area contributed by atoms with Crippen molar-refractivity contribution in [2.75, 3.05) is 0 Å². The molecule has 0 aromatic carbocycles. The minimum atomic E-state index is -0.106. The van der Waals surface area contributed by atoms with Crippen LogP contribution in [0.1, 0.15) is 45.1 Å². The molecule has 2 N–H and O–H groups in total. The normalized spacial score (nSPS) is 31.0. The second-order valence-electron chi connectivity index (χ2n) is 5.00. The summed E-state index contributed by atoms with van der Waals surface area (Å²) >= 11 is 0. The van der Waals surface area contributed by atoms with Crippen LogP contribution in [0, 0.1) is 5.92 Å². The van der Waals surface area contributed by atoms with E-state index >= 15 is 0 Å². The maximum absolute atomic E-state index is 6.43. The second kappa shape index (κ2) is 3.97. The minimum Gasteiger partial charge on any atom is -0.321 e. The van der Waals surface area contributed by atoms with Gasteiger partial charge in [-0.25, -0.2) is 0 Å². The van der Waals surface area contributed by atoms with Crippen molar-refractivity contribution in [3.05, 3.63) is 18.0 Å². The molecule has 2 unspecified atom stereocenters. The van der Waals surface area contributed by atoms with Gasteiger partial charge < -0.3 is 5.73 Å². The summed E-state index contributed by atoms with van der Waals surface area (Å²) in [5, 5.41) is 4.36. The van der Waals surface area contributed by atoms with Crippen LogP contribution < -0.4 is 5.73 Å². The van der Waals surface area contributed by atoms with Gasteiger partial charge in [0, 0.05) is 23.8 Å². The van der Waals surface area contributed by atoms with E-state index in [0.717, 1.165) is 31.7 Å². The smallest absolute Gasteiger partial charge is 0.0540 e. The number of nitrogens with two attached hydrogens (primary N) is 1. The van der Waals surface area contributed by atoms with Crippen LogP contribution in [0.25, 0.3) is 0 Å². The standard InChI is InChI=1S/C12H21N3/c1-3-6-15-9-11(8-14-15)12(13)5-4-10(2)7-12/h8-10H,3-7,13H2,1-2H3. The quantitative estimate of drug-likeness (QED) is 0.826. The minimum absolute atomic E-state index is 0.106. The molecule has 1 saturated carbocycles. The Labute approximate surface area is 91.7 Å². The van der Waals surface area contributed by atoms with E-state index in [2.05, 4.69) is 25.1 Å². The molecule has 1 aromatic heterocycles. The van der Waals surface area contributed by atoms with Gasteiger partial charge in [0.2, 0.25) is 0 Å². The Morgan fingerprint density at radius 1 is 1.67 bits per heavy atom. The molecular weight excluding hydrogens is 186 g/mol. The molecular formula is C12H21N3. The Morgan fingerprint density at radius 3 is 3.07 bits per heavy atom. The van der Waals surface area contributed by atoms with E-state index in [1.54, 1.807) is 0 Å². The van der Waals surface area contributed by atoms with Crippen LogP contribution in [0.5, 0.6) is 0 Å². The number of aryl methyl sites for hydroxylation is 1. The molecule has 0 bridgehead atoms. The Hall–Kier alpha value is -0.830. The zero-order valence-electron chi connectivity index (χ0n) is 9.74. The van der Waals surface area contributed by atoms with Gasteiger partial charge in [-0.1, -0.05) is 13.8 Å². The van der Waals surface area contributed by atoms with E-state index in [9.17, 15) is 0 Å². The van der Waals surface area contributed by atoms with Crippen molar-refractivity contribution >= 4 is 0 Å². The van der Waals surface area contributed by atoms with E-state index in [1.165, 1.54) is 12.0 Å². The van der Waals surface area contributed by atoms with Crippen molar-refractivity contribution < 1.29 is 0 Å². The largest absolute Gasteiger partial charge is 0.321 e. The zero-order valence-corrected chi connectivity index (χ0v) is 9.74. The van der Waals surface area contributed by atoms with Crippen LogP contribution in [0.2, 0.25) is 0 Å². The number of rotatable bonds is 3. The molecule has 0 spiro atoms. The van der Waals surface area contributed by atoms with Crippen LogP contribution in [0.4, 0.5) is 0 Å². The highest BCUT2D eigenvalue weighted by Crippen LogP contribution is 2.39. The second-order valence-corrected chi connectivity index (χ2v) is 5.00. The van der Waals surface area contributed by atoms with E-state index in [4.69, 9.17) is 5.73 Å². The molecule has 1 aliphatic rings. The average Bonchev–Trinajstić information content (AvgIpc) is 2.75. The lowest BCUT2D eigenvalue weighted by Gasteiger charge is -2.22. The number of hydrogen-bond donors (Lipinski definition) is 1. The first-order chi connectivity index (χ1) is 7.14. The van der Waals surface area contributed by atoms with Gasteiger partial charge in [-0.15, -0.1) is 0 Å². The molecule has 1 aromatic rings. The lowest BCUT2D eigenvalue weighted by molar-refractivity contribution is 0.439. The molecule has 2 atom stereocenters. The predicted molar refractivity (Wildman–Crippen MR) is 61.4 cm³/mol. The maximum Gasteiger partial charge on any atom is 0.0540 e. The van der Waals surface area contributed by atoms with Gasteiger partial charge in [0.25, 0.3) is 0 Å². The lowest BCUT2D eigenvalue weighted by atomic mass is 9.91. The molecule has 1 heterocycles. The zero-order chi connectivity index (χ0) is 10.9. The van der Waals surface area contributed by atoms with Crippen molar-refractivity contribution in [2.45, 2.75) is 51.6 Å². The predicted octanol–water partition coefficient (Wildman–Crippen LogP) is 2.27. The summed E-state index contributed by atoms with van der Waals surface area (Å²) in [4.78, 5) is 0. The monoisotopic (exact) mass is 207 g/mol. The topological polar surface area (TPSA) is 43.8 Å². The summed E-state index contributed by atoms with van der Waals surface area (Å²) in [6.45, 7) is 5.44. The van der Waals surface area contributed by atoms with Crippen molar-refractivity contribution in [2.24, 2.45) is 11.7 Å². The molecule has 0 aliphatic heterocycles. The molecule has 1 fully saturated rings. The maximum atomic E-state index is 6.43. The van der Waals surface area contributed by atoms with Gasteiger partial charge in [0.05, 0.1) is 6.20 Å². The Bertz CT molecular complexity index is 331. The third-order valence-electron chi connectivity index (χ3n) is 3.46. The Morgan fingerprint density at radius 2 is 2.47 bits per heavy atom. The fraction of sp³-hybridized carbons (Fsp3) is 0.750. The Kier molecular flexibility index (Phi) is 2.83. The van der Waals surface area contributed by atoms with E-state index < -0.39 is 0 Å². The van der Waals surface area contributed by atoms with Gasteiger partial charge >= 0.3 is 0 Å². The van der Waals surface area contributed by atoms with E-state index in [1.807, 2.05) is 10.9 Å². The van der Waals surface area contributed by atoms with Crippen molar-refractivity contribution in [3.63, 3.8) is 0 Å². The van der Waals surface area contributed by atoms with Gasteiger partial charge in [-0.2, -0.15) is 5.10 Å². The summed E-state index contributed by atoms with van der Waals surface area (Å²) in [5.41, 5.74) is 7.54. The van der Waals surface area contributed by atoms with Gasteiger partial charge in [0.1, 0.15) is 0 Å². The van der Waals surface area contributed by atoms with Crippen molar-refractivity contribution in [1.29, 1.82) is 0 Å². The highest BCUT2D eigenvalue weighted by Gasteiger charge is 2.36. The first kappa shape index (κ1) is 10.7. The molecule has 15 heavy (non-hydrogen) atoms. The molecule has 2 rings (SSSR count). The Balaban J connectivity index is 2.14. The molecule has 3 nitrogen and oxygen atoms in total. The highest BCUT2D eigenvalue weighted by molar-refractivity contribution is 5.19. The summed E-state index contributed by atoms with van der Waals surface area (Å²) in [6.07, 6.45) is 8.65. The fourth-order valence-corrected chi connectivity index (χ4v) is 2.56. The fourth-order valence-electron chi connectivity index (χ4n) is 2.56. The van der Waals surface area contributed by atoms with Crippen molar-refractivity contribution in [3.8, 4) is 0 Å². The van der Waals surface area contributed by atoms with E-state index in [0.29, 0.717) is 0 Å². The molecule has 0 amide bonds. The van der Waals surface area contributed by atoms with Crippen LogP contribution in [0.3, 0.4) is 0 Å². The first-order valence-electron chi connectivity index (χ1n) is 5.96. The van der Waals surface area contributed by atoms with Crippen LogP contribution in [-0.2, 0) is 12.1 Å². The third-order valence-corrected chi connectivity index (χ3v) is 3.46. The molecule has 3 heteroatoms. The molecule has 1 aliphatic carbocycles.